The zero-order valence-electron chi connectivity index (χ0n) is 12.1. The van der Waals surface area contributed by atoms with E-state index in [4.69, 9.17) is 15.2 Å². The largest absolute Gasteiger partial charge is 0.381 e. The summed E-state index contributed by atoms with van der Waals surface area (Å²) in [6, 6.07) is 0.579. The van der Waals surface area contributed by atoms with E-state index in [1.165, 1.54) is 0 Å². The zero-order valence-corrected chi connectivity index (χ0v) is 12.1. The highest BCUT2D eigenvalue weighted by molar-refractivity contribution is 4.95. The number of nitrogens with two attached hydrogens (primary N) is 1. The van der Waals surface area contributed by atoms with Crippen LogP contribution in [-0.4, -0.2) is 55.5 Å². The van der Waals surface area contributed by atoms with Gasteiger partial charge >= 0.3 is 0 Å². The number of ether oxygens (including phenoxy) is 2. The molecule has 1 unspecified atom stereocenters. The molecule has 0 radical (unpaired) electrons. The Morgan fingerprint density at radius 3 is 2.56 bits per heavy atom. The fourth-order valence-electron chi connectivity index (χ4n) is 3.06. The van der Waals surface area contributed by atoms with E-state index in [2.05, 4.69) is 25.8 Å². The molecule has 2 heterocycles. The van der Waals surface area contributed by atoms with Gasteiger partial charge in [0.15, 0.2) is 0 Å². The van der Waals surface area contributed by atoms with Crippen LogP contribution in [-0.2, 0) is 9.47 Å². The molecule has 0 aliphatic carbocycles. The quantitative estimate of drug-likeness (QED) is 0.829. The van der Waals surface area contributed by atoms with Gasteiger partial charge in [-0.1, -0.05) is 0 Å². The molecule has 106 valence electrons. The van der Waals surface area contributed by atoms with Gasteiger partial charge in [-0.2, -0.15) is 0 Å². The number of rotatable bonds is 3. The standard InChI is InChI=1S/C14H28N2O2/c1-13(2,11-15)16(3)12-4-7-18-14(10-12)5-8-17-9-6-14/h12H,4-11,15H2,1-3H3. The first kappa shape index (κ1) is 14.3. The average molecular weight is 256 g/mol. The molecule has 0 aromatic rings. The molecule has 0 amide bonds. The lowest BCUT2D eigenvalue weighted by atomic mass is 9.82. The number of likely N-dealkylation sites (N-methyl/N-ethyl adjacent to an activating group) is 1. The maximum absolute atomic E-state index is 6.10. The van der Waals surface area contributed by atoms with E-state index < -0.39 is 0 Å². The summed E-state index contributed by atoms with van der Waals surface area (Å²) >= 11 is 0. The first-order valence-electron chi connectivity index (χ1n) is 7.14. The van der Waals surface area contributed by atoms with E-state index in [0.29, 0.717) is 12.6 Å². The highest BCUT2D eigenvalue weighted by atomic mass is 16.5. The molecular formula is C14H28N2O2. The highest BCUT2D eigenvalue weighted by Crippen LogP contribution is 2.37. The Balaban J connectivity index is 2.02. The minimum absolute atomic E-state index is 0.0639. The molecule has 1 spiro atoms. The second-order valence-corrected chi connectivity index (χ2v) is 6.42. The molecule has 1 atom stereocenters. The van der Waals surface area contributed by atoms with Crippen molar-refractivity contribution in [1.29, 1.82) is 0 Å². The lowest BCUT2D eigenvalue weighted by Crippen LogP contribution is -2.57. The summed E-state index contributed by atoms with van der Waals surface area (Å²) < 4.78 is 11.6. The lowest BCUT2D eigenvalue weighted by molar-refractivity contribution is -0.155. The van der Waals surface area contributed by atoms with Crippen molar-refractivity contribution in [3.63, 3.8) is 0 Å². The molecule has 2 aliphatic rings. The van der Waals surface area contributed by atoms with Crippen molar-refractivity contribution in [2.24, 2.45) is 5.73 Å². The molecule has 2 N–H and O–H groups in total. The van der Waals surface area contributed by atoms with Gasteiger partial charge in [0.05, 0.1) is 5.60 Å². The Morgan fingerprint density at radius 1 is 1.28 bits per heavy atom. The monoisotopic (exact) mass is 256 g/mol. The normalized spacial score (nSPS) is 28.8. The summed E-state index contributed by atoms with van der Waals surface area (Å²) in [6.07, 6.45) is 4.32. The van der Waals surface area contributed by atoms with Crippen LogP contribution in [0.15, 0.2) is 0 Å². The van der Waals surface area contributed by atoms with E-state index in [9.17, 15) is 0 Å². The van der Waals surface area contributed by atoms with Crippen LogP contribution in [0.1, 0.15) is 39.5 Å². The number of hydrogen-bond donors (Lipinski definition) is 1. The molecule has 2 rings (SSSR count). The van der Waals surface area contributed by atoms with Crippen LogP contribution in [0, 0.1) is 0 Å². The van der Waals surface area contributed by atoms with Crippen molar-refractivity contribution in [1.82, 2.24) is 4.90 Å². The van der Waals surface area contributed by atoms with Crippen LogP contribution in [0.3, 0.4) is 0 Å². The summed E-state index contributed by atoms with van der Waals surface area (Å²) in [5.41, 5.74) is 6.02. The smallest absolute Gasteiger partial charge is 0.0741 e. The van der Waals surface area contributed by atoms with Gasteiger partial charge in [0, 0.05) is 37.9 Å². The molecule has 0 aromatic carbocycles. The topological polar surface area (TPSA) is 47.7 Å². The van der Waals surface area contributed by atoms with Crippen LogP contribution in [0.4, 0.5) is 0 Å². The van der Waals surface area contributed by atoms with Crippen molar-refractivity contribution in [2.75, 3.05) is 33.4 Å². The number of hydrogen-bond acceptors (Lipinski definition) is 4. The molecule has 2 aliphatic heterocycles. The second kappa shape index (κ2) is 5.45. The summed E-state index contributed by atoms with van der Waals surface area (Å²) in [5, 5.41) is 0. The minimum Gasteiger partial charge on any atom is -0.381 e. The third-order valence-electron chi connectivity index (χ3n) is 4.87. The third-order valence-corrected chi connectivity index (χ3v) is 4.87. The van der Waals surface area contributed by atoms with E-state index in [1.54, 1.807) is 0 Å². The molecule has 2 saturated heterocycles. The van der Waals surface area contributed by atoms with Gasteiger partial charge in [-0.3, -0.25) is 4.90 Å². The molecule has 18 heavy (non-hydrogen) atoms. The van der Waals surface area contributed by atoms with Crippen LogP contribution >= 0.6 is 0 Å². The molecular weight excluding hydrogens is 228 g/mol. The van der Waals surface area contributed by atoms with Gasteiger partial charge in [-0.05, 0) is 46.6 Å². The van der Waals surface area contributed by atoms with Gasteiger partial charge in [-0.25, -0.2) is 0 Å². The van der Waals surface area contributed by atoms with Gasteiger partial charge in [0.25, 0.3) is 0 Å². The fourth-order valence-corrected chi connectivity index (χ4v) is 3.06. The summed E-state index contributed by atoms with van der Waals surface area (Å²) in [5.74, 6) is 0. The van der Waals surface area contributed by atoms with Crippen molar-refractivity contribution < 1.29 is 9.47 Å². The second-order valence-electron chi connectivity index (χ2n) is 6.42. The van der Waals surface area contributed by atoms with Crippen molar-refractivity contribution in [3.05, 3.63) is 0 Å². The molecule has 2 fully saturated rings. The van der Waals surface area contributed by atoms with E-state index in [1.807, 2.05) is 0 Å². The highest BCUT2D eigenvalue weighted by Gasteiger charge is 2.42. The maximum Gasteiger partial charge on any atom is 0.0741 e. The summed E-state index contributed by atoms with van der Waals surface area (Å²) in [4.78, 5) is 2.45. The van der Waals surface area contributed by atoms with Crippen LogP contribution in [0.5, 0.6) is 0 Å². The molecule has 0 saturated carbocycles. The Labute approximate surface area is 111 Å². The Hall–Kier alpha value is -0.160. The van der Waals surface area contributed by atoms with Gasteiger partial charge in [0.1, 0.15) is 0 Å². The zero-order chi connectivity index (χ0) is 13.2. The minimum atomic E-state index is 0.0639. The van der Waals surface area contributed by atoms with Gasteiger partial charge in [0.2, 0.25) is 0 Å². The molecule has 0 aromatic heterocycles. The van der Waals surface area contributed by atoms with E-state index in [0.717, 1.165) is 45.5 Å². The number of nitrogens with zero attached hydrogens (tertiary/aromatic N) is 1. The average Bonchev–Trinajstić information content (AvgIpc) is 2.39. The van der Waals surface area contributed by atoms with Crippen molar-refractivity contribution in [3.8, 4) is 0 Å². The fraction of sp³-hybridized carbons (Fsp3) is 1.00. The SMILES string of the molecule is CN(C1CCOC2(CCOCC2)C1)C(C)(C)CN. The maximum atomic E-state index is 6.10. The van der Waals surface area contributed by atoms with Crippen LogP contribution in [0.2, 0.25) is 0 Å². The summed E-state index contributed by atoms with van der Waals surface area (Å²) in [7, 11) is 2.20. The Morgan fingerprint density at radius 2 is 1.94 bits per heavy atom. The predicted molar refractivity (Wildman–Crippen MR) is 72.7 cm³/mol. The van der Waals surface area contributed by atoms with Crippen LogP contribution < -0.4 is 5.73 Å². The van der Waals surface area contributed by atoms with E-state index in [-0.39, 0.29) is 11.1 Å². The van der Waals surface area contributed by atoms with Crippen molar-refractivity contribution in [2.45, 2.75) is 56.7 Å². The Bertz CT molecular complexity index is 269. The van der Waals surface area contributed by atoms with Gasteiger partial charge < -0.3 is 15.2 Å². The van der Waals surface area contributed by atoms with Crippen molar-refractivity contribution >= 4 is 0 Å². The molecule has 4 nitrogen and oxygen atoms in total. The first-order valence-corrected chi connectivity index (χ1v) is 7.14. The lowest BCUT2D eigenvalue weighted by Gasteiger charge is -2.49. The predicted octanol–water partition coefficient (Wildman–Crippen LogP) is 1.38. The van der Waals surface area contributed by atoms with E-state index >= 15 is 0 Å². The van der Waals surface area contributed by atoms with Crippen LogP contribution in [0.25, 0.3) is 0 Å². The van der Waals surface area contributed by atoms with Gasteiger partial charge in [-0.15, -0.1) is 0 Å². The third kappa shape index (κ3) is 2.87. The Kier molecular flexibility index (Phi) is 4.32. The summed E-state index contributed by atoms with van der Waals surface area (Å²) in [6.45, 7) is 7.69. The first-order chi connectivity index (χ1) is 8.49. The molecule has 4 heteroatoms. The molecule has 0 bridgehead atoms.